The van der Waals surface area contributed by atoms with Gasteiger partial charge in [-0.15, -0.1) is 11.8 Å². The fourth-order valence-corrected chi connectivity index (χ4v) is 4.37. The highest BCUT2D eigenvalue weighted by Crippen LogP contribution is 2.39. The summed E-state index contributed by atoms with van der Waals surface area (Å²) >= 11 is 5.53. The fraction of sp³-hybridized carbons (Fsp3) is 0.571. The molecular weight excluding hydrogens is 310 g/mol. The van der Waals surface area contributed by atoms with Crippen LogP contribution < -0.4 is 0 Å². The number of halogens is 1. The van der Waals surface area contributed by atoms with Gasteiger partial charge in [-0.3, -0.25) is 4.90 Å². The van der Waals surface area contributed by atoms with Crippen molar-refractivity contribution < 1.29 is 4.74 Å². The highest BCUT2D eigenvalue weighted by Gasteiger charge is 2.27. The Hall–Kier alpha value is -0.0300. The van der Waals surface area contributed by atoms with E-state index in [2.05, 4.69) is 45.1 Å². The van der Waals surface area contributed by atoms with E-state index >= 15 is 0 Å². The normalized spacial score (nSPS) is 28.3. The molecule has 0 saturated carbocycles. The van der Waals surface area contributed by atoms with E-state index in [9.17, 15) is 0 Å². The van der Waals surface area contributed by atoms with E-state index in [4.69, 9.17) is 4.74 Å². The molecule has 98 valence electrons. The molecule has 2 aliphatic heterocycles. The molecule has 1 saturated heterocycles. The molecule has 2 unspecified atom stereocenters. The largest absolute Gasteiger partial charge is 0.375 e. The molecule has 2 aliphatic rings. The van der Waals surface area contributed by atoms with Crippen molar-refractivity contribution >= 4 is 27.7 Å². The Morgan fingerprint density at radius 1 is 1.39 bits per heavy atom. The van der Waals surface area contributed by atoms with Crippen molar-refractivity contribution in [3.8, 4) is 0 Å². The first kappa shape index (κ1) is 13.0. The molecule has 18 heavy (non-hydrogen) atoms. The number of rotatable bonds is 3. The van der Waals surface area contributed by atoms with Gasteiger partial charge in [-0.05, 0) is 11.6 Å². The van der Waals surface area contributed by atoms with Crippen molar-refractivity contribution in [2.75, 3.05) is 37.3 Å². The van der Waals surface area contributed by atoms with Gasteiger partial charge in [0.2, 0.25) is 0 Å². The Bertz CT molecular complexity index is 415. The smallest absolute Gasteiger partial charge is 0.0799 e. The molecule has 1 aromatic carbocycles. The number of benzene rings is 1. The number of fused-ring (bicyclic) bond motifs is 1. The second-order valence-electron chi connectivity index (χ2n) is 4.95. The van der Waals surface area contributed by atoms with Crippen LogP contribution in [0.5, 0.6) is 0 Å². The first-order valence-electron chi connectivity index (χ1n) is 6.48. The van der Waals surface area contributed by atoms with Crippen LogP contribution >= 0.6 is 27.7 Å². The highest BCUT2D eigenvalue weighted by atomic mass is 79.9. The maximum atomic E-state index is 5.70. The average molecular weight is 328 g/mol. The molecule has 0 N–H and O–H groups in total. The summed E-state index contributed by atoms with van der Waals surface area (Å²) in [6, 6.07) is 8.85. The van der Waals surface area contributed by atoms with Crippen LogP contribution in [0.4, 0.5) is 0 Å². The Kier molecular flexibility index (Phi) is 4.29. The number of nitrogens with zero attached hydrogens (tertiary/aromatic N) is 1. The average Bonchev–Trinajstić information content (AvgIpc) is 2.83. The van der Waals surface area contributed by atoms with Gasteiger partial charge in [0.25, 0.3) is 0 Å². The summed E-state index contributed by atoms with van der Waals surface area (Å²) in [4.78, 5) is 4.04. The quantitative estimate of drug-likeness (QED) is 0.792. The molecule has 0 bridgehead atoms. The third-order valence-corrected chi connectivity index (χ3v) is 5.65. The summed E-state index contributed by atoms with van der Waals surface area (Å²) in [5.41, 5.74) is 1.55. The van der Waals surface area contributed by atoms with Crippen molar-refractivity contribution in [2.45, 2.75) is 16.9 Å². The number of hydrogen-bond donors (Lipinski definition) is 0. The van der Waals surface area contributed by atoms with E-state index in [0.717, 1.165) is 25.0 Å². The summed E-state index contributed by atoms with van der Waals surface area (Å²) in [5.74, 6) is 1.93. The van der Waals surface area contributed by atoms with Gasteiger partial charge in [0, 0.05) is 41.5 Å². The number of morpholine rings is 1. The Labute approximate surface area is 121 Å². The zero-order valence-electron chi connectivity index (χ0n) is 10.3. The SMILES string of the molecule is BrCC1CN(CC2CSc3ccccc32)CCO1. The molecule has 0 aromatic heterocycles. The van der Waals surface area contributed by atoms with Crippen LogP contribution in [-0.4, -0.2) is 48.3 Å². The number of hydrogen-bond acceptors (Lipinski definition) is 3. The second kappa shape index (κ2) is 5.95. The third kappa shape index (κ3) is 2.77. The first-order chi connectivity index (χ1) is 8.86. The molecular formula is C14H18BrNOS. The molecule has 3 rings (SSSR count). The zero-order valence-corrected chi connectivity index (χ0v) is 12.8. The molecule has 2 atom stereocenters. The van der Waals surface area contributed by atoms with Crippen LogP contribution in [-0.2, 0) is 4.74 Å². The van der Waals surface area contributed by atoms with Gasteiger partial charge in [-0.2, -0.15) is 0 Å². The molecule has 0 radical (unpaired) electrons. The van der Waals surface area contributed by atoms with Crippen molar-refractivity contribution in [3.63, 3.8) is 0 Å². The number of alkyl halides is 1. The predicted molar refractivity (Wildman–Crippen MR) is 79.9 cm³/mol. The van der Waals surface area contributed by atoms with Gasteiger partial charge >= 0.3 is 0 Å². The number of thioether (sulfide) groups is 1. The summed E-state index contributed by atoms with van der Waals surface area (Å²) in [6.45, 7) is 4.19. The molecule has 4 heteroatoms. The van der Waals surface area contributed by atoms with E-state index < -0.39 is 0 Å². The topological polar surface area (TPSA) is 12.5 Å². The molecule has 2 nitrogen and oxygen atoms in total. The van der Waals surface area contributed by atoms with Crippen LogP contribution in [0.15, 0.2) is 29.2 Å². The van der Waals surface area contributed by atoms with Crippen LogP contribution in [0.25, 0.3) is 0 Å². The lowest BCUT2D eigenvalue weighted by molar-refractivity contribution is -0.0163. The zero-order chi connectivity index (χ0) is 12.4. The lowest BCUT2D eigenvalue weighted by Gasteiger charge is -2.33. The Balaban J connectivity index is 1.64. The van der Waals surface area contributed by atoms with Gasteiger partial charge in [0.05, 0.1) is 12.7 Å². The van der Waals surface area contributed by atoms with E-state index in [1.54, 1.807) is 5.56 Å². The van der Waals surface area contributed by atoms with Gasteiger partial charge in [-0.25, -0.2) is 0 Å². The second-order valence-corrected chi connectivity index (χ2v) is 6.66. The summed E-state index contributed by atoms with van der Waals surface area (Å²) < 4.78 is 5.70. The minimum Gasteiger partial charge on any atom is -0.375 e. The molecule has 0 spiro atoms. The molecule has 1 fully saturated rings. The summed E-state index contributed by atoms with van der Waals surface area (Å²) in [5, 5.41) is 0.944. The monoisotopic (exact) mass is 327 g/mol. The Morgan fingerprint density at radius 2 is 2.28 bits per heavy atom. The number of ether oxygens (including phenoxy) is 1. The van der Waals surface area contributed by atoms with Crippen molar-refractivity contribution in [1.82, 2.24) is 4.90 Å². The highest BCUT2D eigenvalue weighted by molar-refractivity contribution is 9.09. The van der Waals surface area contributed by atoms with Gasteiger partial charge in [0.1, 0.15) is 0 Å². The van der Waals surface area contributed by atoms with Crippen molar-refractivity contribution in [3.05, 3.63) is 29.8 Å². The predicted octanol–water partition coefficient (Wildman–Crippen LogP) is 2.97. The maximum Gasteiger partial charge on any atom is 0.0799 e. The van der Waals surface area contributed by atoms with Crippen LogP contribution in [0.1, 0.15) is 11.5 Å². The molecule has 0 amide bonds. The van der Waals surface area contributed by atoms with Crippen LogP contribution in [0, 0.1) is 0 Å². The molecule has 2 heterocycles. The fourth-order valence-electron chi connectivity index (χ4n) is 2.73. The third-order valence-electron chi connectivity index (χ3n) is 3.67. The van der Waals surface area contributed by atoms with E-state index in [1.165, 1.54) is 17.2 Å². The van der Waals surface area contributed by atoms with Crippen molar-refractivity contribution in [1.29, 1.82) is 0 Å². The minimum atomic E-state index is 0.364. The van der Waals surface area contributed by atoms with Gasteiger partial charge in [-0.1, -0.05) is 34.1 Å². The lowest BCUT2D eigenvalue weighted by Crippen LogP contribution is -2.44. The van der Waals surface area contributed by atoms with Gasteiger partial charge in [0.15, 0.2) is 0 Å². The molecule has 0 aliphatic carbocycles. The van der Waals surface area contributed by atoms with E-state index in [0.29, 0.717) is 12.0 Å². The van der Waals surface area contributed by atoms with E-state index in [-0.39, 0.29) is 0 Å². The van der Waals surface area contributed by atoms with E-state index in [1.807, 2.05) is 11.8 Å². The molecule has 1 aromatic rings. The minimum absolute atomic E-state index is 0.364. The summed E-state index contributed by atoms with van der Waals surface area (Å²) in [6.07, 6.45) is 0.364. The van der Waals surface area contributed by atoms with Crippen molar-refractivity contribution in [2.24, 2.45) is 0 Å². The summed E-state index contributed by atoms with van der Waals surface area (Å²) in [7, 11) is 0. The Morgan fingerprint density at radius 3 is 3.17 bits per heavy atom. The maximum absolute atomic E-state index is 5.70. The first-order valence-corrected chi connectivity index (χ1v) is 8.59. The van der Waals surface area contributed by atoms with Crippen LogP contribution in [0.3, 0.4) is 0 Å². The van der Waals surface area contributed by atoms with Gasteiger partial charge < -0.3 is 4.74 Å². The standard InChI is InChI=1S/C14H18BrNOS/c15-7-12-9-16(5-6-17-12)8-11-10-18-14-4-2-1-3-13(11)14/h1-4,11-12H,5-10H2. The van der Waals surface area contributed by atoms with Crippen LogP contribution in [0.2, 0.25) is 0 Å². The lowest BCUT2D eigenvalue weighted by atomic mass is 10.0.